The van der Waals surface area contributed by atoms with Gasteiger partial charge in [0.05, 0.1) is 11.9 Å². The Hall–Kier alpha value is -2.11. The van der Waals surface area contributed by atoms with E-state index in [-0.39, 0.29) is 6.03 Å². The zero-order valence-corrected chi connectivity index (χ0v) is 10.1. The number of hydrogen-bond acceptors (Lipinski definition) is 3. The van der Waals surface area contributed by atoms with E-state index in [9.17, 15) is 9.59 Å². The molecule has 0 aromatic carbocycles. The second-order valence-corrected chi connectivity index (χ2v) is 4.31. The van der Waals surface area contributed by atoms with Gasteiger partial charge in [-0.2, -0.15) is 0 Å². The van der Waals surface area contributed by atoms with Crippen molar-refractivity contribution >= 4 is 17.7 Å². The van der Waals surface area contributed by atoms with Gasteiger partial charge >= 0.3 is 12.0 Å². The maximum absolute atomic E-state index is 12.0. The zero-order chi connectivity index (χ0) is 13.1. The summed E-state index contributed by atoms with van der Waals surface area (Å²) in [5.41, 5.74) is 1.50. The topological polar surface area (TPSA) is 82.5 Å². The number of aryl methyl sites for hydroxylation is 1. The number of carbonyl (C=O) groups is 2. The normalized spacial score (nSPS) is 18.7. The first-order chi connectivity index (χ1) is 8.59. The second-order valence-electron chi connectivity index (χ2n) is 4.31. The first-order valence-electron chi connectivity index (χ1n) is 5.80. The first-order valence-corrected chi connectivity index (χ1v) is 5.80. The highest BCUT2D eigenvalue weighted by atomic mass is 16.4. The van der Waals surface area contributed by atoms with Crippen molar-refractivity contribution in [3.05, 3.63) is 24.0 Å². The van der Waals surface area contributed by atoms with Gasteiger partial charge in [0, 0.05) is 12.7 Å². The molecule has 1 fully saturated rings. The van der Waals surface area contributed by atoms with E-state index < -0.39 is 12.0 Å². The summed E-state index contributed by atoms with van der Waals surface area (Å²) in [5, 5.41) is 11.7. The predicted octanol–water partition coefficient (Wildman–Crippen LogP) is 1.47. The number of rotatable bonds is 2. The Morgan fingerprint density at radius 1 is 1.56 bits per heavy atom. The van der Waals surface area contributed by atoms with Crippen LogP contribution in [-0.2, 0) is 4.79 Å². The third kappa shape index (κ3) is 2.42. The molecular formula is C12H15N3O3. The fraction of sp³-hybridized carbons (Fsp3) is 0.417. The van der Waals surface area contributed by atoms with Crippen molar-refractivity contribution in [1.29, 1.82) is 0 Å². The zero-order valence-electron chi connectivity index (χ0n) is 10.1. The summed E-state index contributed by atoms with van der Waals surface area (Å²) in [5.74, 6) is -0.953. The number of anilines is 1. The molecule has 0 spiro atoms. The van der Waals surface area contributed by atoms with Gasteiger partial charge in [0.1, 0.15) is 6.04 Å². The van der Waals surface area contributed by atoms with Crippen LogP contribution in [0.5, 0.6) is 0 Å². The molecular weight excluding hydrogens is 234 g/mol. The third-order valence-electron chi connectivity index (χ3n) is 3.08. The highest BCUT2D eigenvalue weighted by molar-refractivity contribution is 5.93. The summed E-state index contributed by atoms with van der Waals surface area (Å²) in [6, 6.07) is 0.687. The minimum atomic E-state index is -0.953. The van der Waals surface area contributed by atoms with Crippen LogP contribution in [-0.4, -0.2) is 39.6 Å². The van der Waals surface area contributed by atoms with Crippen molar-refractivity contribution in [3.8, 4) is 0 Å². The highest BCUT2D eigenvalue weighted by Crippen LogP contribution is 2.20. The van der Waals surface area contributed by atoms with Crippen molar-refractivity contribution in [2.45, 2.75) is 25.8 Å². The lowest BCUT2D eigenvalue weighted by molar-refractivity contribution is -0.141. The average molecular weight is 249 g/mol. The molecule has 0 unspecified atom stereocenters. The molecule has 2 rings (SSSR count). The number of aromatic nitrogens is 1. The Bertz CT molecular complexity index is 475. The van der Waals surface area contributed by atoms with Crippen LogP contribution < -0.4 is 5.32 Å². The van der Waals surface area contributed by atoms with Crippen molar-refractivity contribution in [2.75, 3.05) is 11.9 Å². The van der Waals surface area contributed by atoms with Crippen molar-refractivity contribution in [3.63, 3.8) is 0 Å². The Morgan fingerprint density at radius 3 is 3.00 bits per heavy atom. The van der Waals surface area contributed by atoms with Crippen molar-refractivity contribution in [1.82, 2.24) is 9.88 Å². The summed E-state index contributed by atoms with van der Waals surface area (Å²) in [7, 11) is 0. The van der Waals surface area contributed by atoms with Gasteiger partial charge in [0.2, 0.25) is 0 Å². The Kier molecular flexibility index (Phi) is 3.45. The minimum absolute atomic E-state index is 0.379. The number of nitrogens with zero attached hydrogens (tertiary/aromatic N) is 2. The number of nitrogens with one attached hydrogen (secondary N) is 1. The minimum Gasteiger partial charge on any atom is -0.480 e. The van der Waals surface area contributed by atoms with E-state index >= 15 is 0 Å². The van der Waals surface area contributed by atoms with Gasteiger partial charge in [-0.1, -0.05) is 0 Å². The molecule has 1 aromatic rings. The molecule has 1 aliphatic rings. The molecule has 0 aliphatic carbocycles. The fourth-order valence-electron chi connectivity index (χ4n) is 2.05. The lowest BCUT2D eigenvalue weighted by Gasteiger charge is -2.22. The Morgan fingerprint density at radius 2 is 2.33 bits per heavy atom. The van der Waals surface area contributed by atoms with Gasteiger partial charge in [-0.05, 0) is 31.4 Å². The highest BCUT2D eigenvalue weighted by Gasteiger charge is 2.34. The number of amides is 2. The molecule has 1 aromatic heterocycles. The fourth-order valence-corrected chi connectivity index (χ4v) is 2.05. The van der Waals surface area contributed by atoms with E-state index in [0.717, 1.165) is 12.0 Å². The van der Waals surface area contributed by atoms with Crippen LogP contribution in [0.15, 0.2) is 18.5 Å². The van der Waals surface area contributed by atoms with Gasteiger partial charge in [0.15, 0.2) is 0 Å². The maximum atomic E-state index is 12.0. The van der Waals surface area contributed by atoms with E-state index in [0.29, 0.717) is 18.7 Å². The molecule has 6 nitrogen and oxygen atoms in total. The summed E-state index contributed by atoms with van der Waals surface area (Å²) in [6.45, 7) is 2.33. The molecule has 2 N–H and O–H groups in total. The number of aliphatic carboxylic acids is 1. The summed E-state index contributed by atoms with van der Waals surface area (Å²) >= 11 is 0. The molecule has 96 valence electrons. The smallest absolute Gasteiger partial charge is 0.326 e. The van der Waals surface area contributed by atoms with Crippen LogP contribution in [0.1, 0.15) is 18.4 Å². The van der Waals surface area contributed by atoms with Gasteiger partial charge < -0.3 is 15.3 Å². The number of carbonyl (C=O) groups excluding carboxylic acids is 1. The van der Waals surface area contributed by atoms with Crippen LogP contribution in [0, 0.1) is 6.92 Å². The van der Waals surface area contributed by atoms with Crippen LogP contribution >= 0.6 is 0 Å². The Balaban J connectivity index is 2.08. The van der Waals surface area contributed by atoms with Gasteiger partial charge in [-0.3, -0.25) is 4.98 Å². The predicted molar refractivity (Wildman–Crippen MR) is 65.4 cm³/mol. The van der Waals surface area contributed by atoms with E-state index in [4.69, 9.17) is 5.11 Å². The van der Waals surface area contributed by atoms with Gasteiger partial charge in [-0.15, -0.1) is 0 Å². The van der Waals surface area contributed by atoms with Crippen LogP contribution in [0.2, 0.25) is 0 Å². The molecule has 2 heterocycles. The third-order valence-corrected chi connectivity index (χ3v) is 3.08. The second kappa shape index (κ2) is 5.03. The number of likely N-dealkylation sites (tertiary alicyclic amines) is 1. The molecule has 1 saturated heterocycles. The SMILES string of the molecule is Cc1ccncc1NC(=O)N1CCC[C@@H]1C(=O)O. The van der Waals surface area contributed by atoms with E-state index in [1.165, 1.54) is 4.90 Å². The van der Waals surface area contributed by atoms with Crippen LogP contribution in [0.4, 0.5) is 10.5 Å². The van der Waals surface area contributed by atoms with Crippen molar-refractivity contribution in [2.24, 2.45) is 0 Å². The molecule has 0 bridgehead atoms. The van der Waals surface area contributed by atoms with Crippen molar-refractivity contribution < 1.29 is 14.7 Å². The van der Waals surface area contributed by atoms with Crippen LogP contribution in [0.3, 0.4) is 0 Å². The quantitative estimate of drug-likeness (QED) is 0.831. The average Bonchev–Trinajstić information content (AvgIpc) is 2.81. The Labute approximate surface area is 105 Å². The number of carboxylic acids is 1. The molecule has 2 amide bonds. The molecule has 1 aliphatic heterocycles. The molecule has 18 heavy (non-hydrogen) atoms. The lowest BCUT2D eigenvalue weighted by atomic mass is 10.2. The number of pyridine rings is 1. The van der Waals surface area contributed by atoms with Crippen LogP contribution in [0.25, 0.3) is 0 Å². The molecule has 0 saturated carbocycles. The molecule has 0 radical (unpaired) electrons. The number of urea groups is 1. The monoisotopic (exact) mass is 249 g/mol. The van der Waals surface area contributed by atoms with Gasteiger partial charge in [0.25, 0.3) is 0 Å². The number of hydrogen-bond donors (Lipinski definition) is 2. The standard InChI is InChI=1S/C12H15N3O3/c1-8-4-5-13-7-9(8)14-12(18)15-6-2-3-10(15)11(16)17/h4-5,7,10H,2-3,6H2,1H3,(H,14,18)(H,16,17)/t10-/m1/s1. The van der Waals surface area contributed by atoms with E-state index in [1.807, 2.05) is 6.92 Å². The molecule has 1 atom stereocenters. The molecule has 6 heteroatoms. The maximum Gasteiger partial charge on any atom is 0.326 e. The lowest BCUT2D eigenvalue weighted by Crippen LogP contribution is -2.42. The van der Waals surface area contributed by atoms with E-state index in [1.54, 1.807) is 18.5 Å². The summed E-state index contributed by atoms with van der Waals surface area (Å²) < 4.78 is 0. The first kappa shape index (κ1) is 12.3. The summed E-state index contributed by atoms with van der Waals surface area (Å²) in [6.07, 6.45) is 4.42. The van der Waals surface area contributed by atoms with E-state index in [2.05, 4.69) is 10.3 Å². The summed E-state index contributed by atoms with van der Waals surface area (Å²) in [4.78, 5) is 28.3. The number of carboxylic acid groups (broad SMARTS) is 1. The largest absolute Gasteiger partial charge is 0.480 e. The van der Waals surface area contributed by atoms with Gasteiger partial charge in [-0.25, -0.2) is 9.59 Å².